The van der Waals surface area contributed by atoms with Gasteiger partial charge in [0.1, 0.15) is 11.6 Å². The van der Waals surface area contributed by atoms with Crippen LogP contribution in [0.1, 0.15) is 47.2 Å². The summed E-state index contributed by atoms with van der Waals surface area (Å²) in [7, 11) is 1.78. The van der Waals surface area contributed by atoms with Crippen LogP contribution < -0.4 is 15.5 Å². The van der Waals surface area contributed by atoms with Crippen LogP contribution in [0.25, 0.3) is 0 Å². The Kier molecular flexibility index (Phi) is 7.02. The molecule has 3 aromatic rings. The van der Waals surface area contributed by atoms with E-state index in [1.807, 2.05) is 0 Å². The Labute approximate surface area is 201 Å². The normalized spacial score (nSPS) is 13.8. The molecule has 1 aromatic heterocycles. The van der Waals surface area contributed by atoms with Crippen molar-refractivity contribution in [3.63, 3.8) is 0 Å². The molecule has 0 saturated heterocycles. The minimum atomic E-state index is -1.26. The Morgan fingerprint density at radius 3 is 2.56 bits per heavy atom. The summed E-state index contributed by atoms with van der Waals surface area (Å²) in [6.45, 7) is 0.0389. The highest BCUT2D eigenvalue weighted by atomic mass is 35.5. The lowest BCUT2D eigenvalue weighted by Gasteiger charge is -2.23. The van der Waals surface area contributed by atoms with Crippen molar-refractivity contribution >= 4 is 40.8 Å². The molecule has 0 radical (unpaired) electrons. The van der Waals surface area contributed by atoms with Crippen molar-refractivity contribution in [2.45, 2.75) is 38.8 Å². The van der Waals surface area contributed by atoms with Crippen LogP contribution in [0.4, 0.5) is 26.4 Å². The van der Waals surface area contributed by atoms with Gasteiger partial charge < -0.3 is 20.6 Å². The van der Waals surface area contributed by atoms with Crippen molar-refractivity contribution in [2.75, 3.05) is 10.2 Å². The highest BCUT2D eigenvalue weighted by Crippen LogP contribution is 2.38. The van der Waals surface area contributed by atoms with Gasteiger partial charge >= 0.3 is 6.09 Å². The minimum absolute atomic E-state index is 0.139. The van der Waals surface area contributed by atoms with Crippen molar-refractivity contribution < 1.29 is 19.1 Å². The van der Waals surface area contributed by atoms with Gasteiger partial charge in [0.2, 0.25) is 0 Å². The number of halogens is 2. The number of rotatable bonds is 3. The van der Waals surface area contributed by atoms with Crippen LogP contribution in [0.15, 0.2) is 42.6 Å². The molecule has 178 valence electrons. The molecular weight excluding hydrogens is 461 g/mol. The smallest absolute Gasteiger partial charge is 0.404 e. The fourth-order valence-electron chi connectivity index (χ4n) is 3.57. The fraction of sp³-hybridized carbons (Fsp3) is 0.292. The molecule has 0 unspecified atom stereocenters. The largest absolute Gasteiger partial charge is 0.465 e. The van der Waals surface area contributed by atoms with Gasteiger partial charge in [-0.05, 0) is 30.3 Å². The summed E-state index contributed by atoms with van der Waals surface area (Å²) in [5.74, 6) is -0.343. The maximum absolute atomic E-state index is 14.5. The van der Waals surface area contributed by atoms with E-state index in [4.69, 9.17) is 16.7 Å². The van der Waals surface area contributed by atoms with Gasteiger partial charge in [-0.2, -0.15) is 5.10 Å². The highest BCUT2D eigenvalue weighted by molar-refractivity contribution is 6.31. The van der Waals surface area contributed by atoms with Gasteiger partial charge in [0.05, 0.1) is 24.1 Å². The predicted octanol–water partition coefficient (Wildman–Crippen LogP) is 5.44. The molecule has 1 aliphatic carbocycles. The first kappa shape index (κ1) is 23.6. The topological polar surface area (TPSA) is 99.5 Å². The van der Waals surface area contributed by atoms with Crippen molar-refractivity contribution in [3.05, 3.63) is 70.1 Å². The fourth-order valence-corrected chi connectivity index (χ4v) is 3.74. The average molecular weight is 486 g/mol. The zero-order chi connectivity index (χ0) is 24.2. The van der Waals surface area contributed by atoms with E-state index in [1.165, 1.54) is 42.7 Å². The molecule has 1 fully saturated rings. The minimum Gasteiger partial charge on any atom is -0.465 e. The molecule has 5 rings (SSSR count). The molecular formula is C24H25ClFN5O3. The summed E-state index contributed by atoms with van der Waals surface area (Å²) < 4.78 is 16.1. The predicted molar refractivity (Wildman–Crippen MR) is 128 cm³/mol. The van der Waals surface area contributed by atoms with Gasteiger partial charge in [-0.1, -0.05) is 43.4 Å². The number of anilines is 3. The maximum atomic E-state index is 14.5. The van der Waals surface area contributed by atoms with E-state index < -0.39 is 17.8 Å². The van der Waals surface area contributed by atoms with Crippen molar-refractivity contribution in [2.24, 2.45) is 7.05 Å². The number of nitrogens with one attached hydrogen (secondary N) is 2. The summed E-state index contributed by atoms with van der Waals surface area (Å²) in [5, 5.41) is 18.8. The number of hydrogen-bond donors (Lipinski definition) is 3. The third-order valence-corrected chi connectivity index (χ3v) is 6.06. The molecule has 2 amide bonds. The Bertz CT molecular complexity index is 1220. The molecule has 8 nitrogen and oxygen atoms in total. The third kappa shape index (κ3) is 5.14. The van der Waals surface area contributed by atoms with Crippen LogP contribution >= 0.6 is 11.6 Å². The van der Waals surface area contributed by atoms with Crippen molar-refractivity contribution in [3.8, 4) is 0 Å². The summed E-state index contributed by atoms with van der Waals surface area (Å²) >= 11 is 6.14. The first-order valence-corrected chi connectivity index (χ1v) is 11.4. The lowest BCUT2D eigenvalue weighted by Crippen LogP contribution is -2.30. The van der Waals surface area contributed by atoms with E-state index >= 15 is 0 Å². The molecule has 0 bridgehead atoms. The monoisotopic (exact) mass is 485 g/mol. The van der Waals surface area contributed by atoms with E-state index in [-0.39, 0.29) is 24.2 Å². The summed E-state index contributed by atoms with van der Waals surface area (Å²) in [4.78, 5) is 25.5. The van der Waals surface area contributed by atoms with Crippen LogP contribution in [-0.4, -0.2) is 26.9 Å². The summed E-state index contributed by atoms with van der Waals surface area (Å²) in [6.07, 6.45) is 6.41. The second kappa shape index (κ2) is 10.1. The molecule has 34 heavy (non-hydrogen) atoms. The summed E-state index contributed by atoms with van der Waals surface area (Å²) in [5.41, 5.74) is 2.30. The molecule has 2 heterocycles. The number of carbonyl (C=O) groups is 2. The third-order valence-electron chi connectivity index (χ3n) is 5.82. The van der Waals surface area contributed by atoms with E-state index in [0.717, 1.165) is 17.4 Å². The van der Waals surface area contributed by atoms with Crippen molar-refractivity contribution in [1.29, 1.82) is 0 Å². The highest BCUT2D eigenvalue weighted by Gasteiger charge is 2.27. The number of carbonyl (C=O) groups excluding carboxylic acids is 1. The van der Waals surface area contributed by atoms with Crippen LogP contribution in [0, 0.1) is 5.82 Å². The van der Waals surface area contributed by atoms with E-state index in [0.29, 0.717) is 16.4 Å². The second-order valence-corrected chi connectivity index (χ2v) is 8.64. The van der Waals surface area contributed by atoms with Crippen LogP contribution in [0.5, 0.6) is 0 Å². The zero-order valence-electron chi connectivity index (χ0n) is 18.6. The van der Waals surface area contributed by atoms with Crippen LogP contribution in [-0.2, 0) is 20.1 Å². The quantitative estimate of drug-likeness (QED) is 0.458. The van der Waals surface area contributed by atoms with Gasteiger partial charge in [0.25, 0.3) is 5.91 Å². The zero-order valence-corrected chi connectivity index (χ0v) is 19.4. The first-order chi connectivity index (χ1) is 16.3. The molecule has 1 saturated carbocycles. The summed E-state index contributed by atoms with van der Waals surface area (Å²) in [6, 6.07) is 9.09. The van der Waals surface area contributed by atoms with E-state index in [9.17, 15) is 14.0 Å². The SMILES string of the molecule is C1CCC1.Cn1ncc2c1Nc1cc(Cl)ccc1N(C(=O)c1ccc(CNC(=O)O)c(F)c1)C2. The van der Waals surface area contributed by atoms with E-state index in [2.05, 4.69) is 15.7 Å². The van der Waals surface area contributed by atoms with Crippen LogP contribution in [0.2, 0.25) is 5.02 Å². The number of nitrogens with zero attached hydrogens (tertiary/aromatic N) is 3. The maximum Gasteiger partial charge on any atom is 0.404 e. The number of benzene rings is 2. The van der Waals surface area contributed by atoms with Gasteiger partial charge in [-0.3, -0.25) is 9.48 Å². The Hall–Kier alpha value is -3.59. The number of aromatic nitrogens is 2. The Morgan fingerprint density at radius 1 is 1.18 bits per heavy atom. The molecule has 3 N–H and O–H groups in total. The standard InChI is InChI=1S/C20H17ClFN5O3.C4H8/c1-26-18-13(9-24-26)10-27(17-5-4-14(21)7-16(17)25-18)19(28)11-2-3-12(15(22)6-11)8-23-20(29)30;1-2-4-3-1/h2-7,9,23,25H,8,10H2,1H3,(H,29,30);1-4H2. The van der Waals surface area contributed by atoms with Gasteiger partial charge in [-0.25, -0.2) is 9.18 Å². The number of carboxylic acid groups (broad SMARTS) is 1. The number of hydrogen-bond acceptors (Lipinski definition) is 4. The van der Waals surface area contributed by atoms with E-state index in [1.54, 1.807) is 36.1 Å². The molecule has 10 heteroatoms. The number of fused-ring (bicyclic) bond motifs is 2. The lowest BCUT2D eigenvalue weighted by atomic mass is 10.0. The number of aryl methyl sites for hydroxylation is 1. The molecule has 0 atom stereocenters. The number of amides is 2. The molecule has 2 aromatic carbocycles. The molecule has 0 spiro atoms. The lowest BCUT2D eigenvalue weighted by molar-refractivity contribution is 0.0985. The second-order valence-electron chi connectivity index (χ2n) is 8.20. The van der Waals surface area contributed by atoms with Crippen molar-refractivity contribution in [1.82, 2.24) is 15.1 Å². The Balaban J connectivity index is 0.000000620. The van der Waals surface area contributed by atoms with Crippen LogP contribution in [0.3, 0.4) is 0 Å². The Morgan fingerprint density at radius 2 is 1.91 bits per heavy atom. The average Bonchev–Trinajstić information content (AvgIpc) is 3.00. The van der Waals surface area contributed by atoms with Gasteiger partial charge in [-0.15, -0.1) is 0 Å². The van der Waals surface area contributed by atoms with Gasteiger partial charge in [0, 0.05) is 35.3 Å². The molecule has 2 aliphatic rings. The van der Waals surface area contributed by atoms with Gasteiger partial charge in [0.15, 0.2) is 0 Å². The molecule has 1 aliphatic heterocycles. The first-order valence-electron chi connectivity index (χ1n) is 11.0.